The number of thioether (sulfide) groups is 1. The second-order valence-corrected chi connectivity index (χ2v) is 5.08. The van der Waals surface area contributed by atoms with Gasteiger partial charge in [-0.15, -0.1) is 10.2 Å². The lowest BCUT2D eigenvalue weighted by Gasteiger charge is -2.18. The Morgan fingerprint density at radius 1 is 1.05 bits per heavy atom. The van der Waals surface area contributed by atoms with Crippen LogP contribution in [-0.2, 0) is 0 Å². The molecule has 1 N–H and O–H groups in total. The van der Waals surface area contributed by atoms with Crippen LogP contribution in [0.1, 0.15) is 5.56 Å². The average molecular weight is 282 g/mol. The third kappa shape index (κ3) is 1.81. The summed E-state index contributed by atoms with van der Waals surface area (Å²) in [5.74, 6) is 1.35. The van der Waals surface area contributed by atoms with Gasteiger partial charge in [0.05, 0.1) is 12.0 Å². The van der Waals surface area contributed by atoms with Gasteiger partial charge in [-0.05, 0) is 17.7 Å². The number of aromatic nitrogens is 3. The topological polar surface area (TPSA) is 55.9 Å². The third-order valence-electron chi connectivity index (χ3n) is 2.97. The standard InChI is InChI=1S/C14H10N4OS/c1-2-5-10(6-3-1)11-9-20-14-16-15-13(18(14)17-11)12-7-4-8-19-12/h1-9,17H. The first-order valence-corrected chi connectivity index (χ1v) is 6.98. The molecule has 98 valence electrons. The Hall–Kier alpha value is -2.47. The quantitative estimate of drug-likeness (QED) is 0.782. The first kappa shape index (κ1) is 11.4. The molecule has 0 aliphatic carbocycles. The fourth-order valence-electron chi connectivity index (χ4n) is 2.02. The first-order valence-electron chi connectivity index (χ1n) is 6.10. The van der Waals surface area contributed by atoms with Crippen LogP contribution in [-0.4, -0.2) is 14.9 Å². The number of benzene rings is 1. The Labute approximate surface area is 119 Å². The molecule has 1 aromatic carbocycles. The minimum atomic E-state index is 0.666. The molecule has 20 heavy (non-hydrogen) atoms. The van der Waals surface area contributed by atoms with Crippen LogP contribution in [0.2, 0.25) is 0 Å². The van der Waals surface area contributed by atoms with E-state index in [-0.39, 0.29) is 0 Å². The van der Waals surface area contributed by atoms with Crippen LogP contribution in [0.4, 0.5) is 0 Å². The Kier molecular flexibility index (Phi) is 2.60. The van der Waals surface area contributed by atoms with E-state index < -0.39 is 0 Å². The van der Waals surface area contributed by atoms with Gasteiger partial charge < -0.3 is 4.42 Å². The summed E-state index contributed by atoms with van der Waals surface area (Å²) in [7, 11) is 0. The average Bonchev–Trinajstić information content (AvgIpc) is 3.16. The molecular weight excluding hydrogens is 272 g/mol. The van der Waals surface area contributed by atoms with Gasteiger partial charge in [0.25, 0.3) is 0 Å². The van der Waals surface area contributed by atoms with Crippen molar-refractivity contribution in [1.29, 1.82) is 0 Å². The molecule has 5 nitrogen and oxygen atoms in total. The van der Waals surface area contributed by atoms with Crippen molar-refractivity contribution in [3.63, 3.8) is 0 Å². The second kappa shape index (κ2) is 4.57. The monoisotopic (exact) mass is 282 g/mol. The molecule has 4 rings (SSSR count). The van der Waals surface area contributed by atoms with Crippen LogP contribution in [0.5, 0.6) is 0 Å². The van der Waals surface area contributed by atoms with Gasteiger partial charge >= 0.3 is 0 Å². The van der Waals surface area contributed by atoms with E-state index in [9.17, 15) is 0 Å². The van der Waals surface area contributed by atoms with Crippen molar-refractivity contribution in [2.24, 2.45) is 0 Å². The number of nitrogens with one attached hydrogen (secondary N) is 1. The number of furan rings is 1. The largest absolute Gasteiger partial charge is 0.461 e. The number of hydrogen-bond donors (Lipinski definition) is 1. The molecule has 1 aliphatic heterocycles. The van der Waals surface area contributed by atoms with Gasteiger partial charge in [-0.2, -0.15) is 0 Å². The Bertz CT molecular complexity index is 762. The van der Waals surface area contributed by atoms with Crippen LogP contribution >= 0.6 is 11.8 Å². The summed E-state index contributed by atoms with van der Waals surface area (Å²) < 4.78 is 7.23. The van der Waals surface area contributed by atoms with Gasteiger partial charge in [-0.1, -0.05) is 42.1 Å². The molecule has 3 aromatic rings. The number of hydrogen-bond acceptors (Lipinski definition) is 5. The molecule has 6 heteroatoms. The van der Waals surface area contributed by atoms with Crippen molar-refractivity contribution < 1.29 is 4.42 Å². The lowest BCUT2D eigenvalue weighted by molar-refractivity contribution is 0.573. The van der Waals surface area contributed by atoms with Gasteiger partial charge in [-0.25, -0.2) is 4.68 Å². The molecule has 0 radical (unpaired) electrons. The molecule has 0 atom stereocenters. The summed E-state index contributed by atoms with van der Waals surface area (Å²) in [4.78, 5) is 0. The maximum Gasteiger partial charge on any atom is 0.219 e. The van der Waals surface area contributed by atoms with Gasteiger partial charge in [-0.3, -0.25) is 5.43 Å². The minimum absolute atomic E-state index is 0.666. The van der Waals surface area contributed by atoms with E-state index in [0.717, 1.165) is 16.4 Å². The highest BCUT2D eigenvalue weighted by molar-refractivity contribution is 8.02. The zero-order valence-corrected chi connectivity index (χ0v) is 11.2. The molecule has 0 bridgehead atoms. The highest BCUT2D eigenvalue weighted by atomic mass is 32.2. The molecule has 3 heterocycles. The zero-order chi connectivity index (χ0) is 13.4. The van der Waals surface area contributed by atoms with E-state index in [1.165, 1.54) is 11.8 Å². The molecule has 1 aliphatic rings. The van der Waals surface area contributed by atoms with Crippen molar-refractivity contribution in [2.45, 2.75) is 5.16 Å². The molecular formula is C14H10N4OS. The fraction of sp³-hybridized carbons (Fsp3) is 0. The highest BCUT2D eigenvalue weighted by Crippen LogP contribution is 2.31. The van der Waals surface area contributed by atoms with Gasteiger partial charge in [0, 0.05) is 5.41 Å². The maximum absolute atomic E-state index is 5.39. The van der Waals surface area contributed by atoms with Crippen molar-refractivity contribution in [3.8, 4) is 11.6 Å². The summed E-state index contributed by atoms with van der Waals surface area (Å²) in [5, 5.41) is 11.1. The first-order chi connectivity index (χ1) is 9.92. The van der Waals surface area contributed by atoms with Crippen molar-refractivity contribution in [1.82, 2.24) is 14.9 Å². The highest BCUT2D eigenvalue weighted by Gasteiger charge is 2.20. The predicted octanol–water partition coefficient (Wildman–Crippen LogP) is 3.19. The smallest absolute Gasteiger partial charge is 0.219 e. The normalized spacial score (nSPS) is 13.5. The van der Waals surface area contributed by atoms with Crippen LogP contribution in [0.3, 0.4) is 0 Å². The summed E-state index contributed by atoms with van der Waals surface area (Å²) in [6, 6.07) is 13.8. The lowest BCUT2D eigenvalue weighted by atomic mass is 10.2. The summed E-state index contributed by atoms with van der Waals surface area (Å²) in [5.41, 5.74) is 5.45. The Morgan fingerprint density at radius 2 is 1.95 bits per heavy atom. The molecule has 0 fully saturated rings. The van der Waals surface area contributed by atoms with Gasteiger partial charge in [0.2, 0.25) is 11.0 Å². The number of rotatable bonds is 2. The summed E-state index contributed by atoms with van der Waals surface area (Å²) in [6.07, 6.45) is 1.63. The molecule has 0 saturated carbocycles. The van der Waals surface area contributed by atoms with Gasteiger partial charge in [0.1, 0.15) is 0 Å². The number of nitrogens with zero attached hydrogens (tertiary/aromatic N) is 3. The summed E-state index contributed by atoms with van der Waals surface area (Å²) >= 11 is 1.53. The van der Waals surface area contributed by atoms with E-state index in [1.54, 1.807) is 6.26 Å². The second-order valence-electron chi connectivity index (χ2n) is 4.25. The van der Waals surface area contributed by atoms with E-state index in [0.29, 0.717) is 11.6 Å². The van der Waals surface area contributed by atoms with Crippen LogP contribution in [0.25, 0.3) is 17.3 Å². The SMILES string of the molecule is C1=C(c2ccccc2)Nn2c(nnc2-c2ccco2)S1. The zero-order valence-electron chi connectivity index (χ0n) is 10.4. The van der Waals surface area contributed by atoms with Crippen LogP contribution in [0, 0.1) is 0 Å². The Morgan fingerprint density at radius 3 is 2.75 bits per heavy atom. The van der Waals surface area contributed by atoms with E-state index in [1.807, 2.05) is 40.4 Å². The summed E-state index contributed by atoms with van der Waals surface area (Å²) in [6.45, 7) is 0. The van der Waals surface area contributed by atoms with Gasteiger partial charge in [0.15, 0.2) is 5.76 Å². The van der Waals surface area contributed by atoms with E-state index in [4.69, 9.17) is 4.42 Å². The van der Waals surface area contributed by atoms with Crippen molar-refractivity contribution in [3.05, 3.63) is 59.7 Å². The molecule has 0 amide bonds. The Balaban J connectivity index is 1.73. The minimum Gasteiger partial charge on any atom is -0.461 e. The predicted molar refractivity (Wildman–Crippen MR) is 77.4 cm³/mol. The lowest BCUT2D eigenvalue weighted by Crippen LogP contribution is -2.18. The molecule has 0 unspecified atom stereocenters. The third-order valence-corrected chi connectivity index (χ3v) is 3.80. The molecule has 0 spiro atoms. The van der Waals surface area contributed by atoms with Crippen molar-refractivity contribution in [2.75, 3.05) is 5.43 Å². The van der Waals surface area contributed by atoms with E-state index >= 15 is 0 Å². The molecule has 2 aromatic heterocycles. The fourth-order valence-corrected chi connectivity index (χ4v) is 2.76. The van der Waals surface area contributed by atoms with Crippen LogP contribution in [0.15, 0.2) is 63.7 Å². The maximum atomic E-state index is 5.39. The molecule has 0 saturated heterocycles. The van der Waals surface area contributed by atoms with Crippen LogP contribution < -0.4 is 5.43 Å². The van der Waals surface area contributed by atoms with E-state index in [2.05, 4.69) is 27.8 Å². The number of fused-ring (bicyclic) bond motifs is 1. The van der Waals surface area contributed by atoms with Crippen molar-refractivity contribution >= 4 is 17.5 Å².